The number of pyridine rings is 1. The number of halogens is 1. The minimum Gasteiger partial charge on any atom is -0.489 e. The van der Waals surface area contributed by atoms with Crippen molar-refractivity contribution in [2.24, 2.45) is 0 Å². The number of hydrogen-bond acceptors (Lipinski definition) is 4. The van der Waals surface area contributed by atoms with Crippen molar-refractivity contribution >= 4 is 11.6 Å². The average Bonchev–Trinajstić information content (AvgIpc) is 2.75. The molecule has 2 rings (SSSR count). The highest BCUT2D eigenvalue weighted by atomic mass is 35.5. The number of likely N-dealkylation sites (N-methyl/N-ethyl adjacent to an activating group) is 1. The fraction of sp³-hybridized carbons (Fsp3) is 0.583. The molecular formula is C12H17ClN2O2. The maximum Gasteiger partial charge on any atom is 0.139 e. The number of aromatic nitrogens is 1. The standard InChI is InChI=1S/C12H17ClN2O2/c1-14-6-10-2-3-11(17-10)8-16-12-4-9(13)5-15-7-12/h4-5,7,10-11,14H,2-3,6,8H2,1H3. The van der Waals surface area contributed by atoms with Gasteiger partial charge in [-0.15, -0.1) is 0 Å². The van der Waals surface area contributed by atoms with Gasteiger partial charge in [0.15, 0.2) is 0 Å². The van der Waals surface area contributed by atoms with Gasteiger partial charge in [0.1, 0.15) is 12.4 Å². The molecular weight excluding hydrogens is 240 g/mol. The Hall–Kier alpha value is -0.840. The summed E-state index contributed by atoms with van der Waals surface area (Å²) in [6.07, 6.45) is 5.86. The van der Waals surface area contributed by atoms with Crippen LogP contribution in [-0.4, -0.2) is 37.4 Å². The summed E-state index contributed by atoms with van der Waals surface area (Å²) < 4.78 is 11.4. The Bertz CT molecular complexity index is 362. The molecule has 0 radical (unpaired) electrons. The van der Waals surface area contributed by atoms with E-state index in [0.717, 1.165) is 19.4 Å². The Kier molecular flexibility index (Phi) is 4.59. The summed E-state index contributed by atoms with van der Waals surface area (Å²) in [5.41, 5.74) is 0. The summed E-state index contributed by atoms with van der Waals surface area (Å²) in [6.45, 7) is 1.46. The highest BCUT2D eigenvalue weighted by Crippen LogP contribution is 2.21. The summed E-state index contributed by atoms with van der Waals surface area (Å²) in [5, 5.41) is 3.70. The molecule has 1 N–H and O–H groups in total. The van der Waals surface area contributed by atoms with Crippen molar-refractivity contribution in [2.45, 2.75) is 25.0 Å². The van der Waals surface area contributed by atoms with E-state index in [4.69, 9.17) is 21.1 Å². The fourth-order valence-electron chi connectivity index (χ4n) is 1.94. The van der Waals surface area contributed by atoms with E-state index in [1.54, 1.807) is 18.5 Å². The van der Waals surface area contributed by atoms with Crippen LogP contribution in [0.2, 0.25) is 5.02 Å². The van der Waals surface area contributed by atoms with E-state index in [0.29, 0.717) is 23.5 Å². The Morgan fingerprint density at radius 2 is 2.29 bits per heavy atom. The van der Waals surface area contributed by atoms with Crippen LogP contribution in [0.3, 0.4) is 0 Å². The molecule has 1 aliphatic heterocycles. The lowest BCUT2D eigenvalue weighted by Crippen LogP contribution is -2.25. The minimum atomic E-state index is 0.173. The van der Waals surface area contributed by atoms with Gasteiger partial charge in [-0.1, -0.05) is 11.6 Å². The fourth-order valence-corrected chi connectivity index (χ4v) is 2.10. The van der Waals surface area contributed by atoms with Gasteiger partial charge in [0, 0.05) is 18.8 Å². The van der Waals surface area contributed by atoms with Crippen LogP contribution in [0.1, 0.15) is 12.8 Å². The van der Waals surface area contributed by atoms with Crippen molar-refractivity contribution in [3.05, 3.63) is 23.5 Å². The molecule has 94 valence electrons. The van der Waals surface area contributed by atoms with Crippen LogP contribution < -0.4 is 10.1 Å². The van der Waals surface area contributed by atoms with E-state index in [2.05, 4.69) is 10.3 Å². The maximum atomic E-state index is 5.82. The molecule has 2 unspecified atom stereocenters. The van der Waals surface area contributed by atoms with Crippen LogP contribution >= 0.6 is 11.6 Å². The zero-order valence-electron chi connectivity index (χ0n) is 9.86. The molecule has 1 aliphatic rings. The second-order valence-electron chi connectivity index (χ2n) is 4.16. The second kappa shape index (κ2) is 6.19. The largest absolute Gasteiger partial charge is 0.489 e. The summed E-state index contributed by atoms with van der Waals surface area (Å²) >= 11 is 5.82. The van der Waals surface area contributed by atoms with Gasteiger partial charge in [-0.2, -0.15) is 0 Å². The van der Waals surface area contributed by atoms with Gasteiger partial charge in [0.25, 0.3) is 0 Å². The third-order valence-electron chi connectivity index (χ3n) is 2.74. The van der Waals surface area contributed by atoms with Crippen molar-refractivity contribution in [1.82, 2.24) is 10.3 Å². The zero-order valence-corrected chi connectivity index (χ0v) is 10.6. The molecule has 0 amide bonds. The molecule has 0 aromatic carbocycles. The zero-order chi connectivity index (χ0) is 12.1. The van der Waals surface area contributed by atoms with Crippen molar-refractivity contribution in [1.29, 1.82) is 0 Å². The Morgan fingerprint density at radius 1 is 1.47 bits per heavy atom. The number of hydrogen-bond donors (Lipinski definition) is 1. The number of ether oxygens (including phenoxy) is 2. The van der Waals surface area contributed by atoms with Gasteiger partial charge < -0.3 is 14.8 Å². The molecule has 0 spiro atoms. The summed E-state index contributed by atoms with van der Waals surface area (Å²) in [4.78, 5) is 3.97. The molecule has 4 nitrogen and oxygen atoms in total. The van der Waals surface area contributed by atoms with Gasteiger partial charge in [-0.05, 0) is 19.9 Å². The van der Waals surface area contributed by atoms with Crippen LogP contribution in [0.25, 0.3) is 0 Å². The van der Waals surface area contributed by atoms with Crippen LogP contribution in [0.15, 0.2) is 18.5 Å². The second-order valence-corrected chi connectivity index (χ2v) is 4.60. The molecule has 0 aliphatic carbocycles. The lowest BCUT2D eigenvalue weighted by Gasteiger charge is -2.14. The third kappa shape index (κ3) is 3.84. The lowest BCUT2D eigenvalue weighted by atomic mass is 10.2. The first-order chi connectivity index (χ1) is 8.28. The first kappa shape index (κ1) is 12.6. The van der Waals surface area contributed by atoms with Gasteiger partial charge >= 0.3 is 0 Å². The predicted octanol–water partition coefficient (Wildman–Crippen LogP) is 1.88. The van der Waals surface area contributed by atoms with Crippen molar-refractivity contribution < 1.29 is 9.47 Å². The van der Waals surface area contributed by atoms with Crippen LogP contribution in [-0.2, 0) is 4.74 Å². The normalized spacial score (nSPS) is 23.9. The molecule has 1 fully saturated rings. The van der Waals surface area contributed by atoms with Gasteiger partial charge in [-0.25, -0.2) is 0 Å². The van der Waals surface area contributed by atoms with E-state index < -0.39 is 0 Å². The third-order valence-corrected chi connectivity index (χ3v) is 2.95. The average molecular weight is 257 g/mol. The SMILES string of the molecule is CNCC1CCC(COc2cncc(Cl)c2)O1. The summed E-state index contributed by atoms with van der Waals surface area (Å²) in [7, 11) is 1.94. The molecule has 1 saturated heterocycles. The molecule has 0 saturated carbocycles. The first-order valence-corrected chi connectivity index (χ1v) is 6.19. The molecule has 1 aromatic rings. The van der Waals surface area contributed by atoms with Gasteiger partial charge in [0.05, 0.1) is 23.4 Å². The Balaban J connectivity index is 1.76. The van der Waals surface area contributed by atoms with Crippen LogP contribution in [0.4, 0.5) is 0 Å². The molecule has 1 aromatic heterocycles. The summed E-state index contributed by atoms with van der Waals surface area (Å²) in [6, 6.07) is 1.76. The molecule has 2 atom stereocenters. The maximum absolute atomic E-state index is 5.82. The number of nitrogens with zero attached hydrogens (tertiary/aromatic N) is 1. The topological polar surface area (TPSA) is 43.4 Å². The van der Waals surface area contributed by atoms with Crippen molar-refractivity contribution in [3.8, 4) is 5.75 Å². The molecule has 17 heavy (non-hydrogen) atoms. The van der Waals surface area contributed by atoms with Crippen molar-refractivity contribution in [2.75, 3.05) is 20.2 Å². The van der Waals surface area contributed by atoms with Gasteiger partial charge in [-0.3, -0.25) is 4.98 Å². The smallest absolute Gasteiger partial charge is 0.139 e. The molecule has 5 heteroatoms. The first-order valence-electron chi connectivity index (χ1n) is 5.81. The minimum absolute atomic E-state index is 0.173. The lowest BCUT2D eigenvalue weighted by molar-refractivity contribution is 0.0193. The van der Waals surface area contributed by atoms with E-state index >= 15 is 0 Å². The Labute approximate surface area is 106 Å². The van der Waals surface area contributed by atoms with Crippen molar-refractivity contribution in [3.63, 3.8) is 0 Å². The summed E-state index contributed by atoms with van der Waals surface area (Å²) in [5.74, 6) is 0.693. The van der Waals surface area contributed by atoms with Gasteiger partial charge in [0.2, 0.25) is 0 Å². The van der Waals surface area contributed by atoms with Crippen LogP contribution in [0.5, 0.6) is 5.75 Å². The highest BCUT2D eigenvalue weighted by molar-refractivity contribution is 6.30. The van der Waals surface area contributed by atoms with E-state index in [9.17, 15) is 0 Å². The predicted molar refractivity (Wildman–Crippen MR) is 66.6 cm³/mol. The quantitative estimate of drug-likeness (QED) is 0.874. The van der Waals surface area contributed by atoms with Crippen LogP contribution in [0, 0.1) is 0 Å². The monoisotopic (exact) mass is 256 g/mol. The van der Waals surface area contributed by atoms with E-state index in [-0.39, 0.29) is 6.10 Å². The number of rotatable bonds is 5. The highest BCUT2D eigenvalue weighted by Gasteiger charge is 2.25. The van der Waals surface area contributed by atoms with E-state index in [1.807, 2.05) is 7.05 Å². The number of nitrogens with one attached hydrogen (secondary N) is 1. The Morgan fingerprint density at radius 3 is 3.06 bits per heavy atom. The van der Waals surface area contributed by atoms with E-state index in [1.165, 1.54) is 0 Å². The molecule has 0 bridgehead atoms. The molecule has 2 heterocycles.